The number of ether oxygens (including phenoxy) is 4. The molecule has 31 nitrogen and oxygen atoms in total. The van der Waals surface area contributed by atoms with Crippen molar-refractivity contribution in [2.24, 2.45) is 22.9 Å². The van der Waals surface area contributed by atoms with Crippen molar-refractivity contribution in [3.63, 3.8) is 0 Å². The maximum absolute atomic E-state index is 14.4. The van der Waals surface area contributed by atoms with Crippen molar-refractivity contribution >= 4 is 112 Å². The van der Waals surface area contributed by atoms with Gasteiger partial charge in [-0.1, -0.05) is 95.0 Å². The number of primary amides is 4. The van der Waals surface area contributed by atoms with Gasteiger partial charge in [0.25, 0.3) is 0 Å². The number of hydrogen-bond acceptors (Lipinski definition) is 31. The van der Waals surface area contributed by atoms with Crippen LogP contribution < -0.4 is 66.4 Å². The molecule has 796 valence electrons. The van der Waals surface area contributed by atoms with Gasteiger partial charge in [0.05, 0.1) is 102 Å². The first-order valence-electron chi connectivity index (χ1n) is 46.0. The van der Waals surface area contributed by atoms with Crippen LogP contribution in [-0.4, -0.2) is 240 Å². The van der Waals surface area contributed by atoms with Gasteiger partial charge >= 0.3 is 24.7 Å². The van der Waals surface area contributed by atoms with Crippen molar-refractivity contribution < 1.29 is 110 Å². The predicted octanol–water partition coefficient (Wildman–Crippen LogP) is 16.3. The lowest BCUT2D eigenvalue weighted by molar-refractivity contribution is -0.138. The molecule has 4 aliphatic heterocycles. The Bertz CT molecular complexity index is 6770. The molecular formula is C100H102ClF14N21O10S4. The van der Waals surface area contributed by atoms with E-state index in [-0.39, 0.29) is 87.3 Å². The minimum atomic E-state index is -4.79. The molecule has 4 aromatic heterocycles. The molecule has 0 bridgehead atoms. The number of rotatable bonds is 31. The third-order valence-electron chi connectivity index (χ3n) is 23.5. The highest BCUT2D eigenvalue weighted by molar-refractivity contribution is 8.00. The number of aromatic nitrogens is 8. The van der Waals surface area contributed by atoms with Crippen LogP contribution in [0.4, 0.5) is 90.9 Å². The summed E-state index contributed by atoms with van der Waals surface area (Å²) in [5.74, 6) is -3.30. The molecule has 150 heavy (non-hydrogen) atoms. The second-order valence-corrected chi connectivity index (χ2v) is 39.6. The van der Waals surface area contributed by atoms with E-state index in [9.17, 15) is 90.9 Å². The average Bonchev–Trinajstić information content (AvgIpc) is 0.800. The van der Waals surface area contributed by atoms with Crippen LogP contribution in [0.1, 0.15) is 97.1 Å². The number of carbonyl (C=O) groups excluding carboxylic acids is 4. The monoisotopic (exact) mass is 2190 g/mol. The van der Waals surface area contributed by atoms with E-state index in [1.165, 1.54) is 79.3 Å². The maximum atomic E-state index is 14.4. The van der Waals surface area contributed by atoms with Gasteiger partial charge in [0.15, 0.2) is 0 Å². The summed E-state index contributed by atoms with van der Waals surface area (Å²) in [4.78, 5) is 103. The van der Waals surface area contributed by atoms with E-state index in [0.717, 1.165) is 191 Å². The average molecular weight is 2190 g/mol. The molecule has 4 fully saturated rings. The van der Waals surface area contributed by atoms with E-state index in [2.05, 4.69) is 64.4 Å². The van der Waals surface area contributed by atoms with Crippen LogP contribution in [-0.2, 0) is 64.3 Å². The van der Waals surface area contributed by atoms with Gasteiger partial charge in [0.1, 0.15) is 38.1 Å². The molecule has 4 aliphatic rings. The zero-order chi connectivity index (χ0) is 108. The zero-order valence-corrected chi connectivity index (χ0v) is 85.3. The van der Waals surface area contributed by atoms with Crippen LogP contribution in [0.15, 0.2) is 222 Å². The van der Waals surface area contributed by atoms with Crippen LogP contribution in [0.2, 0.25) is 5.02 Å². The first kappa shape index (κ1) is 114. The Balaban J connectivity index is 0.000000167. The Labute approximate surface area is 874 Å². The standard InChI is InChI=1S/C26H29F3N6O2S.2C25H25F4N5O3S.C24H23ClF3N5O2S/c1-33(2)18-6-4-5-17(13-18)16-37-24-22(15-31-25(32-24)35-11-9-34(3)10-12-35)38-19-7-8-20(23(30)36)21(14-19)26(27,28)29;1-33-6-8-34(9-7-33)24-31-12-21(23(32-24)37-14-15-2-5-20(26)16(10-15)13-35)38-17-3-4-18(22(30)36)19(11-17)25(27,28)29;1-33-6-8-34(9-7-33)24-31-12-21(23(32-24)37-14-16-10-15(13-35)2-5-20(16)26)38-17-3-4-18(22(30)36)19(11-17)25(27,28)29;1-32-7-9-33(10-8-32)23-30-13-20(22(31-23)35-14-15-3-2-4-16(25)11-15)36-17-5-6-18(21(29)34)19(12-17)24(26,27)28/h4-8,13-15H,9-12,16H2,1-3H3,(H2,30,36);2*2-5,10-12,35H,6-9,13-14H2,1H3,(H2,30,36);2-6,11-13H,7-10,14H2,1H3,(H2,29,34). The predicted molar refractivity (Wildman–Crippen MR) is 538 cm³/mol. The van der Waals surface area contributed by atoms with Gasteiger partial charge in [-0.05, 0) is 172 Å². The third kappa shape index (κ3) is 31.4. The number of aliphatic hydroxyl groups excluding tert-OH is 2. The van der Waals surface area contributed by atoms with Gasteiger partial charge < -0.3 is 96.2 Å². The fraction of sp³-hybridized carbons (Fsp3) is 0.320. The second-order valence-electron chi connectivity index (χ2n) is 34.7. The Morgan fingerprint density at radius 2 is 0.620 bits per heavy atom. The number of aliphatic hydroxyl groups is 2. The van der Waals surface area contributed by atoms with Crippen LogP contribution >= 0.6 is 58.6 Å². The first-order valence-corrected chi connectivity index (χ1v) is 49.6. The Hall–Kier alpha value is -13.4. The van der Waals surface area contributed by atoms with Crippen molar-refractivity contribution in [1.29, 1.82) is 0 Å². The molecule has 0 spiro atoms. The van der Waals surface area contributed by atoms with E-state index in [0.29, 0.717) is 85.7 Å². The summed E-state index contributed by atoms with van der Waals surface area (Å²) in [6, 6.07) is 36.5. The fourth-order valence-corrected chi connectivity index (χ4v) is 18.9. The number of alkyl halides is 12. The highest BCUT2D eigenvalue weighted by Gasteiger charge is 2.40. The van der Waals surface area contributed by atoms with E-state index in [1.807, 2.05) is 92.2 Å². The number of hydrogen-bond donors (Lipinski definition) is 6. The van der Waals surface area contributed by atoms with Gasteiger partial charge in [-0.25, -0.2) is 28.7 Å². The summed E-state index contributed by atoms with van der Waals surface area (Å²) in [6.07, 6.45) is -13.0. The molecule has 0 radical (unpaired) electrons. The van der Waals surface area contributed by atoms with Crippen molar-refractivity contribution in [2.75, 3.05) is 172 Å². The molecular weight excluding hydrogens is 2080 g/mol. The molecule has 0 atom stereocenters. The van der Waals surface area contributed by atoms with Crippen molar-refractivity contribution in [2.45, 2.75) is 104 Å². The number of amides is 4. The third-order valence-corrected chi connectivity index (χ3v) is 27.7. The van der Waals surface area contributed by atoms with Gasteiger partial charge in [-0.2, -0.15) is 72.6 Å². The van der Waals surface area contributed by atoms with Crippen molar-refractivity contribution in [3.05, 3.63) is 277 Å². The number of nitrogens with zero attached hydrogens (tertiary/aromatic N) is 17. The molecule has 10 N–H and O–H groups in total. The van der Waals surface area contributed by atoms with E-state index >= 15 is 0 Å². The molecule has 8 aromatic carbocycles. The van der Waals surface area contributed by atoms with Crippen LogP contribution in [0, 0.1) is 11.6 Å². The quantitative estimate of drug-likeness (QED) is 0.0220. The minimum Gasteiger partial charge on any atom is -0.472 e. The smallest absolute Gasteiger partial charge is 0.417 e. The maximum Gasteiger partial charge on any atom is 0.417 e. The molecule has 4 saturated heterocycles. The van der Waals surface area contributed by atoms with Gasteiger partial charge in [0, 0.05) is 160 Å². The van der Waals surface area contributed by atoms with Crippen LogP contribution in [0.25, 0.3) is 0 Å². The fourth-order valence-electron chi connectivity index (χ4n) is 15.2. The number of nitrogens with two attached hydrogens (primary N) is 4. The molecule has 4 amide bonds. The van der Waals surface area contributed by atoms with Gasteiger partial charge in [0.2, 0.25) is 70.9 Å². The summed E-state index contributed by atoms with van der Waals surface area (Å²) < 4.78 is 215. The number of anilines is 5. The molecule has 16 rings (SSSR count). The molecule has 0 aliphatic carbocycles. The molecule has 50 heteroatoms. The number of piperazine rings is 4. The lowest BCUT2D eigenvalue weighted by Crippen LogP contribution is -2.45. The number of halogens is 15. The molecule has 0 unspecified atom stereocenters. The number of carbonyl (C=O) groups is 4. The number of likely N-dealkylation sites (N-methyl/N-ethyl adjacent to an activating group) is 4. The summed E-state index contributed by atoms with van der Waals surface area (Å²) in [5.41, 5.74) is 17.7. The Kier molecular flexibility index (Phi) is 38.7. The number of benzene rings is 8. The minimum absolute atomic E-state index is 0.0333. The molecule has 0 saturated carbocycles. The van der Waals surface area contributed by atoms with E-state index in [1.54, 1.807) is 24.4 Å². The zero-order valence-electron chi connectivity index (χ0n) is 81.3. The van der Waals surface area contributed by atoms with Gasteiger partial charge in [-0.15, -0.1) is 0 Å². The largest absolute Gasteiger partial charge is 0.472 e. The summed E-state index contributed by atoms with van der Waals surface area (Å²) in [5, 5.41) is 19.3. The Morgan fingerprint density at radius 3 is 0.900 bits per heavy atom. The topological polar surface area (TPSA) is 382 Å². The molecule has 12 aromatic rings. The lowest BCUT2D eigenvalue weighted by Gasteiger charge is -2.32. The normalized spacial score (nSPS) is 14.5. The summed E-state index contributed by atoms with van der Waals surface area (Å²) in [6.45, 7) is 11.6. The SMILES string of the molecule is CN1CCN(c2ncc(Sc3ccc(C(N)=O)c(C(F)(F)F)c3)c(OCc3cc(CO)ccc3F)n2)CC1.CN1CCN(c2ncc(Sc3ccc(C(N)=O)c(C(F)(F)F)c3)c(OCc3ccc(F)c(CO)c3)n2)CC1.CN1CCN(c2ncc(Sc3ccc(C(N)=O)c(C(F)(F)F)c3)c(OCc3cccc(Cl)c3)n2)CC1.CN1CCN(c2ncc(Sc3ccc(C(N)=O)c(C(F)(F)F)c3)c(OCc3cccc(N(C)C)c3)n2)CC1. The van der Waals surface area contributed by atoms with Gasteiger partial charge in [-0.3, -0.25) is 19.2 Å². The van der Waals surface area contributed by atoms with Crippen LogP contribution in [0.5, 0.6) is 23.5 Å². The lowest BCUT2D eigenvalue weighted by atomic mass is 10.1. The van der Waals surface area contributed by atoms with Crippen molar-refractivity contribution in [3.8, 4) is 23.5 Å². The summed E-state index contributed by atoms with van der Waals surface area (Å²) in [7, 11) is 12.0. The second kappa shape index (κ2) is 51.0. The molecule has 8 heterocycles. The Morgan fingerprint density at radius 1 is 0.347 bits per heavy atom. The first-order chi connectivity index (χ1) is 71.2. The summed E-state index contributed by atoms with van der Waals surface area (Å²) >= 11 is 9.94. The highest BCUT2D eigenvalue weighted by Crippen LogP contribution is 2.46. The van der Waals surface area contributed by atoms with Crippen molar-refractivity contribution in [1.82, 2.24) is 59.5 Å². The van der Waals surface area contributed by atoms with Crippen LogP contribution in [0.3, 0.4) is 0 Å². The highest BCUT2D eigenvalue weighted by atomic mass is 35.5. The van der Waals surface area contributed by atoms with E-state index in [4.69, 9.17) is 53.5 Å². The van der Waals surface area contributed by atoms with E-state index < -0.39 is 111 Å².